The molecule has 27 heavy (non-hydrogen) atoms. The Morgan fingerprint density at radius 2 is 1.89 bits per heavy atom. The minimum absolute atomic E-state index is 0.00341. The molecule has 1 N–H and O–H groups in total. The summed E-state index contributed by atoms with van der Waals surface area (Å²) in [6.07, 6.45) is 0.211. The van der Waals surface area contributed by atoms with Crippen LogP contribution >= 0.6 is 0 Å². The van der Waals surface area contributed by atoms with Gasteiger partial charge in [-0.05, 0) is 30.7 Å². The van der Waals surface area contributed by atoms with Gasteiger partial charge in [-0.3, -0.25) is 14.4 Å². The van der Waals surface area contributed by atoms with Crippen LogP contribution in [0.3, 0.4) is 0 Å². The maximum Gasteiger partial charge on any atom is 0.264 e. The van der Waals surface area contributed by atoms with Gasteiger partial charge in [0.15, 0.2) is 12.4 Å². The number of likely N-dealkylation sites (N-methyl/N-ethyl adjacent to an activating group) is 1. The first-order valence-electron chi connectivity index (χ1n) is 8.86. The summed E-state index contributed by atoms with van der Waals surface area (Å²) in [6.45, 7) is 1.90. The first kappa shape index (κ1) is 18.6. The number of amides is 2. The molecule has 2 aromatic rings. The first-order valence-corrected chi connectivity index (χ1v) is 8.86. The van der Waals surface area contributed by atoms with Gasteiger partial charge in [0, 0.05) is 25.5 Å². The summed E-state index contributed by atoms with van der Waals surface area (Å²) >= 11 is 0. The maximum absolute atomic E-state index is 12.5. The molecule has 0 bridgehead atoms. The number of ether oxygens (including phenoxy) is 1. The van der Waals surface area contributed by atoms with E-state index in [2.05, 4.69) is 5.32 Å². The molecule has 0 aromatic heterocycles. The lowest BCUT2D eigenvalue weighted by atomic mass is 10.0. The van der Waals surface area contributed by atoms with Crippen LogP contribution in [0.5, 0.6) is 5.75 Å². The van der Waals surface area contributed by atoms with E-state index in [1.54, 1.807) is 25.2 Å². The predicted molar refractivity (Wildman–Crippen MR) is 102 cm³/mol. The van der Waals surface area contributed by atoms with Crippen LogP contribution < -0.4 is 15.0 Å². The SMILES string of the molecule is CC(NC(=O)CCC(=O)c1ccc2c(c1)N(C)C(=O)CO2)c1ccccc1. The average molecular weight is 366 g/mol. The monoisotopic (exact) mass is 366 g/mol. The number of fused-ring (bicyclic) bond motifs is 1. The number of carbonyl (C=O) groups excluding carboxylic acids is 3. The summed E-state index contributed by atoms with van der Waals surface area (Å²) in [6, 6.07) is 14.5. The van der Waals surface area contributed by atoms with Crippen LogP contribution in [0.15, 0.2) is 48.5 Å². The Morgan fingerprint density at radius 3 is 2.63 bits per heavy atom. The van der Waals surface area contributed by atoms with Crippen molar-refractivity contribution in [2.45, 2.75) is 25.8 Å². The van der Waals surface area contributed by atoms with E-state index in [4.69, 9.17) is 4.74 Å². The number of carbonyl (C=O) groups is 3. The Bertz CT molecular complexity index is 864. The van der Waals surface area contributed by atoms with E-state index in [9.17, 15) is 14.4 Å². The predicted octanol–water partition coefficient (Wildman–Crippen LogP) is 2.88. The summed E-state index contributed by atoms with van der Waals surface area (Å²) < 4.78 is 5.36. The second-order valence-electron chi connectivity index (χ2n) is 6.55. The fraction of sp³-hybridized carbons (Fsp3) is 0.286. The van der Waals surface area contributed by atoms with Gasteiger partial charge in [-0.2, -0.15) is 0 Å². The van der Waals surface area contributed by atoms with Gasteiger partial charge < -0.3 is 15.0 Å². The molecule has 0 spiro atoms. The zero-order valence-electron chi connectivity index (χ0n) is 15.4. The van der Waals surface area contributed by atoms with Gasteiger partial charge in [-0.25, -0.2) is 0 Å². The number of Topliss-reactive ketones (excluding diaryl/α,β-unsaturated/α-hetero) is 1. The molecule has 6 nitrogen and oxygen atoms in total. The summed E-state index contributed by atoms with van der Waals surface area (Å²) in [5, 5.41) is 2.90. The van der Waals surface area contributed by atoms with Crippen LogP contribution in [0.25, 0.3) is 0 Å². The van der Waals surface area contributed by atoms with Crippen molar-refractivity contribution < 1.29 is 19.1 Å². The van der Waals surface area contributed by atoms with Crippen molar-refractivity contribution in [2.24, 2.45) is 0 Å². The Kier molecular flexibility index (Phi) is 5.54. The lowest BCUT2D eigenvalue weighted by molar-refractivity contribution is -0.122. The summed E-state index contributed by atoms with van der Waals surface area (Å²) in [4.78, 5) is 37.8. The van der Waals surface area contributed by atoms with Crippen LogP contribution in [0, 0.1) is 0 Å². The normalized spacial score (nSPS) is 14.1. The second-order valence-corrected chi connectivity index (χ2v) is 6.55. The standard InChI is InChI=1S/C21H22N2O4/c1-14(15-6-4-3-5-7-15)22-20(25)11-9-18(24)16-8-10-19-17(12-16)23(2)21(26)13-27-19/h3-8,10,12,14H,9,11,13H2,1-2H3,(H,22,25). The van der Waals surface area contributed by atoms with E-state index in [1.165, 1.54) is 4.90 Å². The fourth-order valence-corrected chi connectivity index (χ4v) is 2.96. The zero-order chi connectivity index (χ0) is 19.4. The van der Waals surface area contributed by atoms with E-state index < -0.39 is 0 Å². The van der Waals surface area contributed by atoms with Gasteiger partial charge >= 0.3 is 0 Å². The third-order valence-corrected chi connectivity index (χ3v) is 4.62. The number of hydrogen-bond donors (Lipinski definition) is 1. The van der Waals surface area contributed by atoms with Crippen molar-refractivity contribution in [3.63, 3.8) is 0 Å². The molecule has 140 valence electrons. The molecule has 2 amide bonds. The van der Waals surface area contributed by atoms with Crippen molar-refractivity contribution >= 4 is 23.3 Å². The van der Waals surface area contributed by atoms with Crippen LogP contribution in [0.4, 0.5) is 5.69 Å². The molecular formula is C21H22N2O4. The quantitative estimate of drug-likeness (QED) is 0.798. The van der Waals surface area contributed by atoms with E-state index in [1.807, 2.05) is 37.3 Å². The lowest BCUT2D eigenvalue weighted by Crippen LogP contribution is -2.35. The van der Waals surface area contributed by atoms with Crippen LogP contribution in [0.2, 0.25) is 0 Å². The number of anilines is 1. The largest absolute Gasteiger partial charge is 0.482 e. The number of hydrogen-bond acceptors (Lipinski definition) is 4. The molecular weight excluding hydrogens is 344 g/mol. The van der Waals surface area contributed by atoms with E-state index in [-0.39, 0.29) is 43.1 Å². The molecule has 1 atom stereocenters. The number of ketones is 1. The Labute approximate surface area is 158 Å². The molecule has 6 heteroatoms. The smallest absolute Gasteiger partial charge is 0.264 e. The third kappa shape index (κ3) is 4.34. The lowest BCUT2D eigenvalue weighted by Gasteiger charge is -2.26. The molecule has 0 aliphatic carbocycles. The number of nitrogens with zero attached hydrogens (tertiary/aromatic N) is 1. The molecule has 2 aromatic carbocycles. The molecule has 1 aliphatic rings. The number of nitrogens with one attached hydrogen (secondary N) is 1. The van der Waals surface area contributed by atoms with E-state index in [0.717, 1.165) is 5.56 Å². The highest BCUT2D eigenvalue weighted by molar-refractivity contribution is 6.02. The highest BCUT2D eigenvalue weighted by atomic mass is 16.5. The highest BCUT2D eigenvalue weighted by Gasteiger charge is 2.23. The molecule has 1 heterocycles. The van der Waals surface area contributed by atoms with Crippen LogP contribution in [-0.4, -0.2) is 31.3 Å². The molecule has 0 saturated heterocycles. The summed E-state index contributed by atoms with van der Waals surface area (Å²) in [5.74, 6) is 0.0875. The van der Waals surface area contributed by atoms with Gasteiger partial charge in [0.1, 0.15) is 5.75 Å². The third-order valence-electron chi connectivity index (χ3n) is 4.62. The van der Waals surface area contributed by atoms with E-state index in [0.29, 0.717) is 17.0 Å². The van der Waals surface area contributed by atoms with Crippen LogP contribution in [0.1, 0.15) is 41.7 Å². The maximum atomic E-state index is 12.5. The topological polar surface area (TPSA) is 75.7 Å². The minimum atomic E-state index is -0.173. The average Bonchev–Trinajstić information content (AvgIpc) is 2.69. The zero-order valence-corrected chi connectivity index (χ0v) is 15.4. The number of rotatable bonds is 6. The molecule has 0 radical (unpaired) electrons. The van der Waals surface area contributed by atoms with E-state index >= 15 is 0 Å². The van der Waals surface area contributed by atoms with Gasteiger partial charge in [0.2, 0.25) is 5.91 Å². The fourth-order valence-electron chi connectivity index (χ4n) is 2.96. The van der Waals surface area contributed by atoms with Crippen molar-refractivity contribution in [3.8, 4) is 5.75 Å². The van der Waals surface area contributed by atoms with Crippen molar-refractivity contribution in [3.05, 3.63) is 59.7 Å². The molecule has 1 aliphatic heterocycles. The molecule has 0 fully saturated rings. The highest BCUT2D eigenvalue weighted by Crippen LogP contribution is 2.32. The van der Waals surface area contributed by atoms with Gasteiger partial charge in [0.25, 0.3) is 5.91 Å². The number of benzene rings is 2. The molecule has 1 unspecified atom stereocenters. The van der Waals surface area contributed by atoms with Gasteiger partial charge in [-0.15, -0.1) is 0 Å². The molecule has 3 rings (SSSR count). The summed E-state index contributed by atoms with van der Waals surface area (Å²) in [7, 11) is 1.65. The van der Waals surface area contributed by atoms with Crippen molar-refractivity contribution in [1.82, 2.24) is 5.32 Å². The summed E-state index contributed by atoms with van der Waals surface area (Å²) in [5.41, 5.74) is 2.04. The van der Waals surface area contributed by atoms with Crippen LogP contribution in [-0.2, 0) is 9.59 Å². The first-order chi connectivity index (χ1) is 13.0. The van der Waals surface area contributed by atoms with Gasteiger partial charge in [0.05, 0.1) is 11.7 Å². The minimum Gasteiger partial charge on any atom is -0.482 e. The molecule has 0 saturated carbocycles. The second kappa shape index (κ2) is 8.03. The Morgan fingerprint density at radius 1 is 1.15 bits per heavy atom. The Hall–Kier alpha value is -3.15. The Balaban J connectivity index is 1.58. The van der Waals surface area contributed by atoms with Gasteiger partial charge in [-0.1, -0.05) is 30.3 Å². The van der Waals surface area contributed by atoms with Crippen molar-refractivity contribution in [2.75, 3.05) is 18.6 Å². The van der Waals surface area contributed by atoms with Crippen molar-refractivity contribution in [1.29, 1.82) is 0 Å².